The van der Waals surface area contributed by atoms with Gasteiger partial charge in [-0.25, -0.2) is 4.79 Å². The first-order valence-electron chi connectivity index (χ1n) is 10.6. The Kier molecular flexibility index (Phi) is 8.39. The molecule has 3 N–H and O–H groups in total. The molecule has 0 aliphatic carbocycles. The van der Waals surface area contributed by atoms with Gasteiger partial charge >= 0.3 is 6.03 Å². The van der Waals surface area contributed by atoms with Crippen LogP contribution in [0.25, 0.3) is 0 Å². The molecule has 2 heterocycles. The zero-order valence-electron chi connectivity index (χ0n) is 16.7. The van der Waals surface area contributed by atoms with E-state index >= 15 is 0 Å². The third-order valence-electron chi connectivity index (χ3n) is 5.34. The van der Waals surface area contributed by atoms with Crippen molar-refractivity contribution in [3.05, 3.63) is 29.8 Å². The first-order valence-corrected chi connectivity index (χ1v) is 10.6. The van der Waals surface area contributed by atoms with E-state index in [0.29, 0.717) is 19.7 Å². The van der Waals surface area contributed by atoms with Crippen LogP contribution in [0.2, 0.25) is 0 Å². The largest absolute Gasteiger partial charge is 0.491 e. The topological polar surface area (TPSA) is 77.1 Å². The standard InChI is InChI=1S/C21H34N4O3/c26-19(16-24-10-3-1-2-4-11-24)17-28-20-7-5-6-18(14-20)15-22-8-12-25-13-9-23-21(25)27/h5-7,14,19,22,26H,1-4,8-13,15-17H2,(H,23,27). The molecule has 1 aromatic rings. The molecule has 7 nitrogen and oxygen atoms in total. The zero-order valence-corrected chi connectivity index (χ0v) is 16.7. The Morgan fingerprint density at radius 2 is 2.00 bits per heavy atom. The van der Waals surface area contributed by atoms with Crippen LogP contribution in [0.1, 0.15) is 31.2 Å². The summed E-state index contributed by atoms with van der Waals surface area (Å²) in [4.78, 5) is 15.7. The molecule has 2 fully saturated rings. The Balaban J connectivity index is 1.34. The molecule has 0 saturated carbocycles. The molecule has 0 bridgehead atoms. The van der Waals surface area contributed by atoms with Crippen LogP contribution < -0.4 is 15.4 Å². The number of amides is 2. The molecular weight excluding hydrogens is 356 g/mol. The van der Waals surface area contributed by atoms with Crippen molar-refractivity contribution in [1.29, 1.82) is 0 Å². The first kappa shape index (κ1) is 20.9. The monoisotopic (exact) mass is 390 g/mol. The SMILES string of the molecule is O=C1NCCN1CCNCc1cccc(OCC(O)CN2CCCCCC2)c1. The van der Waals surface area contributed by atoms with E-state index in [1.807, 2.05) is 23.1 Å². The fraction of sp³-hybridized carbons (Fsp3) is 0.667. The number of urea groups is 1. The molecule has 1 atom stereocenters. The molecule has 0 radical (unpaired) electrons. The van der Waals surface area contributed by atoms with Crippen molar-refractivity contribution in [1.82, 2.24) is 20.4 Å². The van der Waals surface area contributed by atoms with Gasteiger partial charge in [-0.3, -0.25) is 0 Å². The number of rotatable bonds is 10. The summed E-state index contributed by atoms with van der Waals surface area (Å²) in [5.74, 6) is 0.785. The number of β-amino-alcohol motifs (C(OH)–C–C–N with tert-alkyl or cyclic N) is 1. The summed E-state index contributed by atoms with van der Waals surface area (Å²) >= 11 is 0. The molecule has 2 aliphatic rings. The van der Waals surface area contributed by atoms with Crippen LogP contribution in [0.5, 0.6) is 5.75 Å². The van der Waals surface area contributed by atoms with Gasteiger partial charge in [0.1, 0.15) is 18.5 Å². The maximum atomic E-state index is 11.5. The number of nitrogens with one attached hydrogen (secondary N) is 2. The summed E-state index contributed by atoms with van der Waals surface area (Å²) in [6.07, 6.45) is 4.59. The molecule has 2 aliphatic heterocycles. The summed E-state index contributed by atoms with van der Waals surface area (Å²) in [6, 6.07) is 7.98. The molecule has 3 rings (SSSR count). The molecular formula is C21H34N4O3. The van der Waals surface area contributed by atoms with Crippen molar-refractivity contribution in [3.8, 4) is 5.75 Å². The molecule has 2 amide bonds. The second-order valence-corrected chi connectivity index (χ2v) is 7.72. The third-order valence-corrected chi connectivity index (χ3v) is 5.34. The lowest BCUT2D eigenvalue weighted by Crippen LogP contribution is -2.36. The maximum absolute atomic E-state index is 11.5. The lowest BCUT2D eigenvalue weighted by molar-refractivity contribution is 0.0693. The minimum atomic E-state index is -0.466. The van der Waals surface area contributed by atoms with E-state index in [9.17, 15) is 9.90 Å². The van der Waals surface area contributed by atoms with Gasteiger partial charge in [0.25, 0.3) is 0 Å². The Bertz CT molecular complexity index is 605. The zero-order chi connectivity index (χ0) is 19.6. The van der Waals surface area contributed by atoms with Gasteiger partial charge in [0.05, 0.1) is 0 Å². The molecule has 7 heteroatoms. The number of carbonyl (C=O) groups is 1. The molecule has 0 aromatic heterocycles. The van der Waals surface area contributed by atoms with Gasteiger partial charge in [0, 0.05) is 39.3 Å². The molecule has 1 aromatic carbocycles. The first-order chi connectivity index (χ1) is 13.7. The van der Waals surface area contributed by atoms with E-state index in [0.717, 1.165) is 50.6 Å². The highest BCUT2D eigenvalue weighted by Gasteiger charge is 2.18. The molecule has 28 heavy (non-hydrogen) atoms. The number of carbonyl (C=O) groups excluding carboxylic acids is 1. The number of hydrogen-bond donors (Lipinski definition) is 3. The van der Waals surface area contributed by atoms with Gasteiger partial charge in [0.2, 0.25) is 0 Å². The van der Waals surface area contributed by atoms with Gasteiger partial charge in [-0.1, -0.05) is 25.0 Å². The number of likely N-dealkylation sites (tertiary alicyclic amines) is 1. The smallest absolute Gasteiger partial charge is 0.317 e. The van der Waals surface area contributed by atoms with Crippen LogP contribution in [0.4, 0.5) is 4.79 Å². The van der Waals surface area contributed by atoms with Crippen LogP contribution >= 0.6 is 0 Å². The van der Waals surface area contributed by atoms with E-state index in [1.54, 1.807) is 0 Å². The van der Waals surface area contributed by atoms with E-state index < -0.39 is 6.10 Å². The number of hydrogen-bond acceptors (Lipinski definition) is 5. The van der Waals surface area contributed by atoms with Gasteiger partial charge in [-0.15, -0.1) is 0 Å². The summed E-state index contributed by atoms with van der Waals surface area (Å²) in [5.41, 5.74) is 1.13. The van der Waals surface area contributed by atoms with Crippen molar-refractivity contribution in [2.75, 3.05) is 52.4 Å². The average molecular weight is 391 g/mol. The number of aliphatic hydroxyl groups is 1. The second-order valence-electron chi connectivity index (χ2n) is 7.72. The van der Waals surface area contributed by atoms with Crippen molar-refractivity contribution < 1.29 is 14.6 Å². The fourth-order valence-electron chi connectivity index (χ4n) is 3.78. The number of benzene rings is 1. The Labute approximate surface area is 168 Å². The van der Waals surface area contributed by atoms with Crippen molar-refractivity contribution in [2.45, 2.75) is 38.3 Å². The number of nitrogens with zero attached hydrogens (tertiary/aromatic N) is 2. The van der Waals surface area contributed by atoms with Crippen molar-refractivity contribution in [2.24, 2.45) is 0 Å². The third kappa shape index (κ3) is 6.96. The predicted octanol–water partition coefficient (Wildman–Crippen LogP) is 1.42. The van der Waals surface area contributed by atoms with E-state index in [1.165, 1.54) is 25.7 Å². The van der Waals surface area contributed by atoms with Crippen molar-refractivity contribution in [3.63, 3.8) is 0 Å². The number of aliphatic hydroxyl groups excluding tert-OH is 1. The summed E-state index contributed by atoms with van der Waals surface area (Å²) in [7, 11) is 0. The van der Waals surface area contributed by atoms with Crippen molar-refractivity contribution >= 4 is 6.03 Å². The summed E-state index contributed by atoms with van der Waals surface area (Å²) < 4.78 is 5.82. The summed E-state index contributed by atoms with van der Waals surface area (Å²) in [6.45, 7) is 6.88. The van der Waals surface area contributed by atoms with Crippen LogP contribution in [0.15, 0.2) is 24.3 Å². The van der Waals surface area contributed by atoms with Gasteiger partial charge in [-0.05, 0) is 43.6 Å². The highest BCUT2D eigenvalue weighted by atomic mass is 16.5. The lowest BCUT2D eigenvalue weighted by Gasteiger charge is -2.23. The van der Waals surface area contributed by atoms with Crippen LogP contribution in [-0.2, 0) is 6.54 Å². The minimum absolute atomic E-state index is 0.0240. The Morgan fingerprint density at radius 3 is 2.75 bits per heavy atom. The predicted molar refractivity (Wildman–Crippen MR) is 110 cm³/mol. The van der Waals surface area contributed by atoms with Gasteiger partial charge in [-0.2, -0.15) is 0 Å². The van der Waals surface area contributed by atoms with Crippen LogP contribution in [0.3, 0.4) is 0 Å². The quantitative estimate of drug-likeness (QED) is 0.527. The van der Waals surface area contributed by atoms with Gasteiger partial charge in [0.15, 0.2) is 0 Å². The number of ether oxygens (including phenoxy) is 1. The molecule has 1 unspecified atom stereocenters. The fourth-order valence-corrected chi connectivity index (χ4v) is 3.78. The highest BCUT2D eigenvalue weighted by Crippen LogP contribution is 2.14. The molecule has 0 spiro atoms. The van der Waals surface area contributed by atoms with Gasteiger partial charge < -0.3 is 30.3 Å². The summed E-state index contributed by atoms with van der Waals surface area (Å²) in [5, 5.41) is 16.5. The average Bonchev–Trinajstić information content (AvgIpc) is 2.94. The van der Waals surface area contributed by atoms with E-state index in [2.05, 4.69) is 21.6 Å². The Morgan fingerprint density at radius 1 is 1.18 bits per heavy atom. The lowest BCUT2D eigenvalue weighted by atomic mass is 10.2. The second kappa shape index (κ2) is 11.2. The van der Waals surface area contributed by atoms with E-state index in [-0.39, 0.29) is 6.03 Å². The van der Waals surface area contributed by atoms with Crippen LogP contribution in [0, 0.1) is 0 Å². The van der Waals surface area contributed by atoms with E-state index in [4.69, 9.17) is 4.74 Å². The molecule has 2 saturated heterocycles. The Hall–Kier alpha value is -1.83. The van der Waals surface area contributed by atoms with Crippen LogP contribution in [-0.4, -0.2) is 79.5 Å². The molecule has 156 valence electrons. The normalized spacial score (nSPS) is 19.3. The maximum Gasteiger partial charge on any atom is 0.317 e. The highest BCUT2D eigenvalue weighted by molar-refractivity contribution is 5.76. The minimum Gasteiger partial charge on any atom is -0.491 e.